The third-order valence-corrected chi connectivity index (χ3v) is 4.70. The van der Waals surface area contributed by atoms with Crippen LogP contribution in [0.4, 0.5) is 0 Å². The molecule has 1 aromatic heterocycles. The SMILES string of the molecule is CC(CN(C)C)C1CCCCN1Cc1ncc(Cl)n1C. The molecule has 1 fully saturated rings. The van der Waals surface area contributed by atoms with Crippen LogP contribution in [0.1, 0.15) is 32.0 Å². The van der Waals surface area contributed by atoms with E-state index in [2.05, 4.69) is 35.8 Å². The number of hydrogen-bond donors (Lipinski definition) is 0. The van der Waals surface area contributed by atoms with Crippen LogP contribution in [0.3, 0.4) is 0 Å². The zero-order valence-electron chi connectivity index (χ0n) is 13.1. The Kier molecular flexibility index (Phi) is 5.47. The van der Waals surface area contributed by atoms with E-state index in [-0.39, 0.29) is 0 Å². The van der Waals surface area contributed by atoms with Gasteiger partial charge in [0.15, 0.2) is 0 Å². The van der Waals surface area contributed by atoms with Crippen molar-refractivity contribution in [2.24, 2.45) is 13.0 Å². The zero-order valence-corrected chi connectivity index (χ0v) is 13.9. The van der Waals surface area contributed by atoms with Gasteiger partial charge in [-0.2, -0.15) is 0 Å². The molecular formula is C15H27ClN4. The molecule has 0 bridgehead atoms. The van der Waals surface area contributed by atoms with Crippen LogP contribution in [-0.4, -0.2) is 52.6 Å². The van der Waals surface area contributed by atoms with E-state index in [0.29, 0.717) is 12.0 Å². The van der Waals surface area contributed by atoms with Gasteiger partial charge in [-0.05, 0) is 39.4 Å². The Balaban J connectivity index is 2.05. The maximum absolute atomic E-state index is 6.09. The van der Waals surface area contributed by atoms with Crippen molar-refractivity contribution in [1.29, 1.82) is 0 Å². The first kappa shape index (κ1) is 15.8. The number of piperidine rings is 1. The molecule has 0 amide bonds. The number of aromatic nitrogens is 2. The van der Waals surface area contributed by atoms with Gasteiger partial charge in [-0.3, -0.25) is 4.90 Å². The van der Waals surface area contributed by atoms with Crippen LogP contribution in [0, 0.1) is 5.92 Å². The van der Waals surface area contributed by atoms with E-state index in [1.807, 2.05) is 11.6 Å². The van der Waals surface area contributed by atoms with Gasteiger partial charge in [0, 0.05) is 19.6 Å². The molecule has 0 saturated carbocycles. The molecule has 114 valence electrons. The lowest BCUT2D eigenvalue weighted by atomic mass is 9.91. The summed E-state index contributed by atoms with van der Waals surface area (Å²) in [6, 6.07) is 0.654. The molecule has 0 spiro atoms. The summed E-state index contributed by atoms with van der Waals surface area (Å²) in [5.41, 5.74) is 0. The van der Waals surface area contributed by atoms with Gasteiger partial charge < -0.3 is 9.47 Å². The lowest BCUT2D eigenvalue weighted by Gasteiger charge is -2.39. The van der Waals surface area contributed by atoms with Crippen molar-refractivity contribution in [3.63, 3.8) is 0 Å². The second-order valence-corrected chi connectivity index (χ2v) is 6.72. The van der Waals surface area contributed by atoms with Crippen molar-refractivity contribution < 1.29 is 0 Å². The first-order valence-corrected chi connectivity index (χ1v) is 7.91. The molecule has 1 aliphatic rings. The molecule has 1 saturated heterocycles. The van der Waals surface area contributed by atoms with Crippen LogP contribution in [0.2, 0.25) is 5.15 Å². The van der Waals surface area contributed by atoms with Crippen molar-refractivity contribution >= 4 is 11.6 Å². The molecule has 1 aromatic rings. The van der Waals surface area contributed by atoms with E-state index < -0.39 is 0 Å². The Morgan fingerprint density at radius 1 is 1.45 bits per heavy atom. The van der Waals surface area contributed by atoms with Crippen molar-refractivity contribution in [1.82, 2.24) is 19.4 Å². The second-order valence-electron chi connectivity index (χ2n) is 6.33. The minimum atomic E-state index is 0.654. The van der Waals surface area contributed by atoms with Gasteiger partial charge in [-0.15, -0.1) is 0 Å². The quantitative estimate of drug-likeness (QED) is 0.835. The second kappa shape index (κ2) is 6.92. The highest BCUT2D eigenvalue weighted by atomic mass is 35.5. The van der Waals surface area contributed by atoms with E-state index in [1.165, 1.54) is 25.8 Å². The van der Waals surface area contributed by atoms with Crippen LogP contribution in [-0.2, 0) is 13.6 Å². The molecule has 0 radical (unpaired) electrons. The first-order chi connectivity index (χ1) is 9.49. The van der Waals surface area contributed by atoms with E-state index in [0.717, 1.165) is 24.1 Å². The maximum atomic E-state index is 6.09. The van der Waals surface area contributed by atoms with Gasteiger partial charge in [0.2, 0.25) is 0 Å². The predicted octanol–water partition coefficient (Wildman–Crippen LogP) is 2.63. The highest BCUT2D eigenvalue weighted by Crippen LogP contribution is 2.25. The largest absolute Gasteiger partial charge is 0.321 e. The molecule has 0 aliphatic carbocycles. The van der Waals surface area contributed by atoms with Gasteiger partial charge >= 0.3 is 0 Å². The van der Waals surface area contributed by atoms with Gasteiger partial charge in [0.05, 0.1) is 12.7 Å². The number of rotatable bonds is 5. The predicted molar refractivity (Wildman–Crippen MR) is 84.0 cm³/mol. The third-order valence-electron chi connectivity index (χ3n) is 4.35. The van der Waals surface area contributed by atoms with Crippen LogP contribution < -0.4 is 0 Å². The molecule has 2 atom stereocenters. The summed E-state index contributed by atoms with van der Waals surface area (Å²) < 4.78 is 1.99. The highest BCUT2D eigenvalue weighted by molar-refractivity contribution is 6.29. The summed E-state index contributed by atoms with van der Waals surface area (Å²) in [6.07, 6.45) is 5.69. The molecule has 1 aliphatic heterocycles. The summed E-state index contributed by atoms with van der Waals surface area (Å²) in [5, 5.41) is 0.717. The first-order valence-electron chi connectivity index (χ1n) is 7.54. The number of likely N-dealkylation sites (tertiary alicyclic amines) is 1. The standard InChI is InChI=1S/C15H27ClN4/c1-12(10-18(2)3)13-7-5-6-8-20(13)11-15-17-9-14(16)19(15)4/h9,12-13H,5-8,10-11H2,1-4H3. The maximum Gasteiger partial charge on any atom is 0.128 e. The lowest BCUT2D eigenvalue weighted by Crippen LogP contribution is -2.45. The average Bonchev–Trinajstić information content (AvgIpc) is 2.70. The fourth-order valence-electron chi connectivity index (χ4n) is 3.31. The number of nitrogens with zero attached hydrogens (tertiary/aromatic N) is 4. The Morgan fingerprint density at radius 3 is 2.80 bits per heavy atom. The Morgan fingerprint density at radius 2 is 2.20 bits per heavy atom. The normalized spacial score (nSPS) is 22.4. The molecular weight excluding hydrogens is 272 g/mol. The fourth-order valence-corrected chi connectivity index (χ4v) is 3.45. The summed E-state index contributed by atoms with van der Waals surface area (Å²) >= 11 is 6.09. The summed E-state index contributed by atoms with van der Waals surface area (Å²) in [6.45, 7) is 5.59. The molecule has 2 rings (SSSR count). The Bertz CT molecular complexity index is 430. The van der Waals surface area contributed by atoms with Crippen molar-refractivity contribution in [2.75, 3.05) is 27.2 Å². The summed E-state index contributed by atoms with van der Waals surface area (Å²) in [4.78, 5) is 9.32. The fraction of sp³-hybridized carbons (Fsp3) is 0.800. The number of imidazole rings is 1. The number of hydrogen-bond acceptors (Lipinski definition) is 3. The van der Waals surface area contributed by atoms with E-state index in [4.69, 9.17) is 11.6 Å². The minimum Gasteiger partial charge on any atom is -0.321 e. The molecule has 2 heterocycles. The highest BCUT2D eigenvalue weighted by Gasteiger charge is 2.28. The zero-order chi connectivity index (χ0) is 14.7. The van der Waals surface area contributed by atoms with Crippen LogP contribution in [0.15, 0.2) is 6.20 Å². The topological polar surface area (TPSA) is 24.3 Å². The van der Waals surface area contributed by atoms with Crippen LogP contribution in [0.5, 0.6) is 0 Å². The van der Waals surface area contributed by atoms with E-state index in [1.54, 1.807) is 6.20 Å². The summed E-state index contributed by atoms with van der Waals surface area (Å²) in [5.74, 6) is 1.75. The Labute approximate surface area is 127 Å². The van der Waals surface area contributed by atoms with Crippen molar-refractivity contribution in [2.45, 2.75) is 38.8 Å². The third kappa shape index (κ3) is 3.74. The van der Waals surface area contributed by atoms with Crippen molar-refractivity contribution in [3.8, 4) is 0 Å². The summed E-state index contributed by atoms with van der Waals surface area (Å²) in [7, 11) is 6.30. The monoisotopic (exact) mass is 298 g/mol. The van der Waals surface area contributed by atoms with Gasteiger partial charge in [-0.1, -0.05) is 24.9 Å². The van der Waals surface area contributed by atoms with E-state index >= 15 is 0 Å². The smallest absolute Gasteiger partial charge is 0.128 e. The lowest BCUT2D eigenvalue weighted by molar-refractivity contribution is 0.0832. The van der Waals surface area contributed by atoms with Gasteiger partial charge in [0.1, 0.15) is 11.0 Å². The molecule has 4 nitrogen and oxygen atoms in total. The van der Waals surface area contributed by atoms with Crippen LogP contribution in [0.25, 0.3) is 0 Å². The van der Waals surface area contributed by atoms with Crippen LogP contribution >= 0.6 is 11.6 Å². The molecule has 0 N–H and O–H groups in total. The molecule has 5 heteroatoms. The Hall–Kier alpha value is -0.580. The minimum absolute atomic E-state index is 0.654. The van der Waals surface area contributed by atoms with Gasteiger partial charge in [0.25, 0.3) is 0 Å². The average molecular weight is 299 g/mol. The molecule has 0 aromatic carbocycles. The van der Waals surface area contributed by atoms with Gasteiger partial charge in [-0.25, -0.2) is 4.98 Å². The molecule has 20 heavy (non-hydrogen) atoms. The molecule has 2 unspecified atom stereocenters. The van der Waals surface area contributed by atoms with Crippen molar-refractivity contribution in [3.05, 3.63) is 17.2 Å². The number of halogens is 1. The van der Waals surface area contributed by atoms with E-state index in [9.17, 15) is 0 Å².